The Bertz CT molecular complexity index is 1130. The second-order valence-corrected chi connectivity index (χ2v) is 8.33. The number of rotatable bonds is 8. The van der Waals surface area contributed by atoms with Crippen LogP contribution in [0.15, 0.2) is 53.3 Å². The highest BCUT2D eigenvalue weighted by molar-refractivity contribution is 5.95. The lowest BCUT2D eigenvalue weighted by atomic mass is 10.0. The number of fused-ring (bicyclic) bond motifs is 1. The van der Waals surface area contributed by atoms with E-state index in [0.29, 0.717) is 23.6 Å². The number of methoxy groups -OCH3 is 1. The van der Waals surface area contributed by atoms with Crippen LogP contribution < -0.4 is 10.9 Å². The van der Waals surface area contributed by atoms with E-state index in [-0.39, 0.29) is 23.9 Å². The Balaban J connectivity index is 0.00000306. The number of hydrogen-bond acceptors (Lipinski definition) is 5. The highest BCUT2D eigenvalue weighted by atomic mass is 35.5. The Kier molecular flexibility index (Phi) is 9.00. The number of benzene rings is 2. The molecule has 8 heteroatoms. The lowest BCUT2D eigenvalue weighted by Crippen LogP contribution is -2.39. The smallest absolute Gasteiger partial charge is 0.272 e. The number of halogens is 1. The first-order chi connectivity index (χ1) is 15.6. The Morgan fingerprint density at radius 2 is 2.00 bits per heavy atom. The number of ether oxygens (including phenoxy) is 1. The standard InChI is InChI=1S/C25H30N4O3.ClH/c1-32-20-10-7-15-29(17-20)14-5-4-13-23(30)26-19-9-6-8-18(16-19)24-21-11-2-3-12-22(21)25(31)28-27-24;/h2-3,6,8-9,11-12,16,20H,4-5,7,10,13-15,17H2,1H3,(H,26,30)(H,28,31);1H/t20-;/m0./s1. The van der Waals surface area contributed by atoms with Crippen LogP contribution in [-0.4, -0.2) is 53.9 Å². The van der Waals surface area contributed by atoms with Gasteiger partial charge in [0.1, 0.15) is 0 Å². The molecule has 1 saturated heterocycles. The number of carbonyl (C=O) groups excluding carboxylic acids is 1. The fraction of sp³-hybridized carbons (Fsp3) is 0.400. The average molecular weight is 471 g/mol. The normalized spacial score (nSPS) is 16.3. The summed E-state index contributed by atoms with van der Waals surface area (Å²) in [4.78, 5) is 26.9. The molecule has 4 rings (SSSR count). The summed E-state index contributed by atoms with van der Waals surface area (Å²) >= 11 is 0. The second kappa shape index (κ2) is 11.9. The molecule has 1 fully saturated rings. The first-order valence-electron chi connectivity index (χ1n) is 11.3. The zero-order valence-electron chi connectivity index (χ0n) is 18.9. The summed E-state index contributed by atoms with van der Waals surface area (Å²) < 4.78 is 5.48. The van der Waals surface area contributed by atoms with Crippen LogP contribution in [0.5, 0.6) is 0 Å². The van der Waals surface area contributed by atoms with E-state index < -0.39 is 0 Å². The van der Waals surface area contributed by atoms with Gasteiger partial charge in [-0.15, -0.1) is 12.4 Å². The third kappa shape index (κ3) is 6.41. The summed E-state index contributed by atoms with van der Waals surface area (Å²) in [6, 6.07) is 15.0. The molecule has 0 saturated carbocycles. The average Bonchev–Trinajstić information content (AvgIpc) is 2.82. The van der Waals surface area contributed by atoms with Gasteiger partial charge < -0.3 is 15.0 Å². The first-order valence-corrected chi connectivity index (χ1v) is 11.3. The lowest BCUT2D eigenvalue weighted by molar-refractivity contribution is -0.116. The fourth-order valence-electron chi connectivity index (χ4n) is 4.33. The van der Waals surface area contributed by atoms with Gasteiger partial charge in [0.2, 0.25) is 5.91 Å². The molecule has 0 bridgehead atoms. The van der Waals surface area contributed by atoms with Crippen molar-refractivity contribution in [2.45, 2.75) is 38.2 Å². The highest BCUT2D eigenvalue weighted by Crippen LogP contribution is 2.26. The molecule has 0 radical (unpaired) electrons. The molecular weight excluding hydrogens is 440 g/mol. The van der Waals surface area contributed by atoms with E-state index in [1.54, 1.807) is 13.2 Å². The van der Waals surface area contributed by atoms with Crippen LogP contribution in [0.3, 0.4) is 0 Å². The molecule has 2 heterocycles. The van der Waals surface area contributed by atoms with E-state index in [0.717, 1.165) is 55.5 Å². The molecule has 1 amide bonds. The van der Waals surface area contributed by atoms with Crippen LogP contribution in [0, 0.1) is 0 Å². The molecule has 33 heavy (non-hydrogen) atoms. The molecule has 2 aromatic carbocycles. The van der Waals surface area contributed by atoms with Crippen LogP contribution in [0.1, 0.15) is 32.1 Å². The summed E-state index contributed by atoms with van der Waals surface area (Å²) in [5.41, 5.74) is 2.04. The molecule has 2 N–H and O–H groups in total. The predicted molar refractivity (Wildman–Crippen MR) is 134 cm³/mol. The second-order valence-electron chi connectivity index (χ2n) is 8.33. The topological polar surface area (TPSA) is 87.3 Å². The quantitative estimate of drug-likeness (QED) is 0.481. The van der Waals surface area contributed by atoms with Gasteiger partial charge in [0, 0.05) is 36.7 Å². The van der Waals surface area contributed by atoms with E-state index in [1.165, 1.54) is 6.42 Å². The third-order valence-corrected chi connectivity index (χ3v) is 6.04. The maximum atomic E-state index is 12.5. The molecule has 3 aromatic rings. The van der Waals surface area contributed by atoms with Crippen molar-refractivity contribution in [1.82, 2.24) is 15.1 Å². The Morgan fingerprint density at radius 3 is 2.82 bits per heavy atom. The zero-order valence-corrected chi connectivity index (χ0v) is 19.7. The van der Waals surface area contributed by atoms with Crippen LogP contribution in [0.25, 0.3) is 22.0 Å². The molecule has 1 aromatic heterocycles. The minimum Gasteiger partial charge on any atom is -0.380 e. The maximum Gasteiger partial charge on any atom is 0.272 e. The minimum atomic E-state index is -0.212. The number of carbonyl (C=O) groups is 1. The molecule has 1 aliphatic rings. The van der Waals surface area contributed by atoms with Gasteiger partial charge in [0.25, 0.3) is 5.56 Å². The Labute approximate surface area is 199 Å². The monoisotopic (exact) mass is 470 g/mol. The Hall–Kier alpha value is -2.74. The van der Waals surface area contributed by atoms with Gasteiger partial charge in [-0.1, -0.05) is 30.3 Å². The number of aromatic amines is 1. The molecule has 0 unspecified atom stereocenters. The molecule has 0 spiro atoms. The van der Waals surface area contributed by atoms with Crippen LogP contribution >= 0.6 is 12.4 Å². The van der Waals surface area contributed by atoms with E-state index in [9.17, 15) is 9.59 Å². The summed E-state index contributed by atoms with van der Waals surface area (Å²) in [6.45, 7) is 3.11. The van der Waals surface area contributed by atoms with Gasteiger partial charge >= 0.3 is 0 Å². The number of anilines is 1. The molecule has 1 aliphatic heterocycles. The van der Waals surface area contributed by atoms with Crippen LogP contribution in [0.2, 0.25) is 0 Å². The fourth-order valence-corrected chi connectivity index (χ4v) is 4.33. The van der Waals surface area contributed by atoms with Crippen molar-refractivity contribution >= 4 is 34.8 Å². The largest absolute Gasteiger partial charge is 0.380 e. The number of nitrogens with one attached hydrogen (secondary N) is 2. The van der Waals surface area contributed by atoms with Crippen molar-refractivity contribution in [1.29, 1.82) is 0 Å². The van der Waals surface area contributed by atoms with Crippen molar-refractivity contribution in [2.75, 3.05) is 32.1 Å². The summed E-state index contributed by atoms with van der Waals surface area (Å²) in [5.74, 6) is 0.00912. The number of aromatic nitrogens is 2. The Morgan fingerprint density at radius 1 is 1.18 bits per heavy atom. The SMILES string of the molecule is CO[C@H]1CCCN(CCCCC(=O)Nc2cccc(-c3n[nH]c(=O)c4ccccc34)c2)C1.Cl. The minimum absolute atomic E-state index is 0. The van der Waals surface area contributed by atoms with Gasteiger partial charge in [-0.3, -0.25) is 9.59 Å². The van der Waals surface area contributed by atoms with Gasteiger partial charge in [-0.25, -0.2) is 5.10 Å². The zero-order chi connectivity index (χ0) is 22.3. The molecule has 176 valence electrons. The number of likely N-dealkylation sites (tertiary alicyclic amines) is 1. The van der Waals surface area contributed by atoms with Crippen molar-refractivity contribution in [3.63, 3.8) is 0 Å². The molecular formula is C25H31ClN4O3. The number of hydrogen-bond donors (Lipinski definition) is 2. The highest BCUT2D eigenvalue weighted by Gasteiger charge is 2.18. The van der Waals surface area contributed by atoms with Crippen molar-refractivity contribution in [3.8, 4) is 11.3 Å². The van der Waals surface area contributed by atoms with Gasteiger partial charge in [0.15, 0.2) is 0 Å². The number of amides is 1. The number of nitrogens with zero attached hydrogens (tertiary/aromatic N) is 2. The van der Waals surface area contributed by atoms with Crippen LogP contribution in [-0.2, 0) is 9.53 Å². The van der Waals surface area contributed by atoms with Gasteiger partial charge in [0.05, 0.1) is 17.2 Å². The van der Waals surface area contributed by atoms with E-state index in [2.05, 4.69) is 20.4 Å². The number of piperidine rings is 1. The van der Waals surface area contributed by atoms with Crippen LogP contribution in [0.4, 0.5) is 5.69 Å². The molecule has 7 nitrogen and oxygen atoms in total. The van der Waals surface area contributed by atoms with Gasteiger partial charge in [-0.05, 0) is 57.0 Å². The third-order valence-electron chi connectivity index (χ3n) is 6.04. The van der Waals surface area contributed by atoms with E-state index in [4.69, 9.17) is 4.74 Å². The van der Waals surface area contributed by atoms with Crippen molar-refractivity contribution in [3.05, 3.63) is 58.9 Å². The maximum absolute atomic E-state index is 12.5. The lowest BCUT2D eigenvalue weighted by Gasteiger charge is -2.31. The van der Waals surface area contributed by atoms with E-state index in [1.807, 2.05) is 42.5 Å². The van der Waals surface area contributed by atoms with Crippen molar-refractivity contribution in [2.24, 2.45) is 0 Å². The molecule has 0 aliphatic carbocycles. The molecule has 1 atom stereocenters. The summed E-state index contributed by atoms with van der Waals surface area (Å²) in [7, 11) is 1.78. The number of H-pyrrole nitrogens is 1. The predicted octanol–water partition coefficient (Wildman–Crippen LogP) is 4.23. The van der Waals surface area contributed by atoms with Gasteiger partial charge in [-0.2, -0.15) is 5.10 Å². The summed E-state index contributed by atoms with van der Waals surface area (Å²) in [5, 5.41) is 11.2. The first kappa shape index (κ1) is 24.9. The number of unbranched alkanes of at least 4 members (excludes halogenated alkanes) is 1. The summed E-state index contributed by atoms with van der Waals surface area (Å²) in [6.07, 6.45) is 5.00. The van der Waals surface area contributed by atoms with Crippen molar-refractivity contribution < 1.29 is 9.53 Å². The van der Waals surface area contributed by atoms with E-state index >= 15 is 0 Å².